The smallest absolute Gasteiger partial charge is 0.259 e. The van der Waals surface area contributed by atoms with E-state index in [1.54, 1.807) is 37.3 Å². The largest absolute Gasteiger partial charge is 0.492 e. The zero-order chi connectivity index (χ0) is 18.7. The number of pyridine rings is 1. The van der Waals surface area contributed by atoms with Crippen molar-refractivity contribution >= 4 is 22.7 Å². The van der Waals surface area contributed by atoms with Gasteiger partial charge in [-0.15, -0.1) is 0 Å². The van der Waals surface area contributed by atoms with E-state index in [-0.39, 0.29) is 11.8 Å². The molecular formula is C19H22N4O3. The number of aromatic nitrogens is 2. The number of nitrogens with one attached hydrogen (secondary N) is 1. The molecule has 0 fully saturated rings. The highest BCUT2D eigenvalue weighted by Crippen LogP contribution is 2.26. The molecule has 0 bridgehead atoms. The van der Waals surface area contributed by atoms with E-state index in [1.165, 1.54) is 0 Å². The van der Waals surface area contributed by atoms with Gasteiger partial charge in [-0.2, -0.15) is 0 Å². The summed E-state index contributed by atoms with van der Waals surface area (Å²) in [4.78, 5) is 17.3. The topological polar surface area (TPSA) is 103 Å². The van der Waals surface area contributed by atoms with Crippen LogP contribution in [0.4, 0.5) is 5.69 Å². The Labute approximate surface area is 151 Å². The first-order valence-electron chi connectivity index (χ1n) is 8.50. The van der Waals surface area contributed by atoms with Crippen molar-refractivity contribution in [1.82, 2.24) is 10.1 Å². The van der Waals surface area contributed by atoms with Gasteiger partial charge in [0.15, 0.2) is 0 Å². The highest BCUT2D eigenvalue weighted by Gasteiger charge is 2.19. The van der Waals surface area contributed by atoms with Crippen molar-refractivity contribution < 1.29 is 14.1 Å². The highest BCUT2D eigenvalue weighted by atomic mass is 16.5. The fourth-order valence-corrected chi connectivity index (χ4v) is 2.60. The summed E-state index contributed by atoms with van der Waals surface area (Å²) in [7, 11) is 0. The summed E-state index contributed by atoms with van der Waals surface area (Å²) >= 11 is 0. The predicted molar refractivity (Wildman–Crippen MR) is 99.6 cm³/mol. The summed E-state index contributed by atoms with van der Waals surface area (Å²) in [6.07, 6.45) is 0. The van der Waals surface area contributed by atoms with Crippen molar-refractivity contribution in [1.29, 1.82) is 0 Å². The Morgan fingerprint density at radius 1 is 1.31 bits per heavy atom. The predicted octanol–water partition coefficient (Wildman–Crippen LogP) is 3.24. The van der Waals surface area contributed by atoms with Crippen LogP contribution in [-0.4, -0.2) is 29.2 Å². The van der Waals surface area contributed by atoms with Gasteiger partial charge >= 0.3 is 0 Å². The normalized spacial score (nSPS) is 11.1. The Balaban J connectivity index is 1.88. The number of fused-ring (bicyclic) bond motifs is 1. The van der Waals surface area contributed by atoms with E-state index >= 15 is 0 Å². The van der Waals surface area contributed by atoms with Gasteiger partial charge in [-0.1, -0.05) is 19.0 Å². The van der Waals surface area contributed by atoms with Gasteiger partial charge in [-0.25, -0.2) is 4.98 Å². The van der Waals surface area contributed by atoms with Gasteiger partial charge in [-0.05, 0) is 43.2 Å². The van der Waals surface area contributed by atoms with Crippen LogP contribution in [0.5, 0.6) is 5.75 Å². The SMILES string of the molecule is Cc1noc2nc(C(C)C)cc(C(=O)Nc3ccc(OCCN)cc3)c12. The van der Waals surface area contributed by atoms with Gasteiger partial charge in [0, 0.05) is 17.9 Å². The number of amides is 1. The minimum atomic E-state index is -0.235. The molecule has 26 heavy (non-hydrogen) atoms. The molecule has 0 unspecified atom stereocenters. The molecule has 7 heteroatoms. The lowest BCUT2D eigenvalue weighted by molar-refractivity contribution is 0.102. The molecule has 0 saturated carbocycles. The average Bonchev–Trinajstić information content (AvgIpc) is 3.01. The third-order valence-corrected chi connectivity index (χ3v) is 3.97. The maximum Gasteiger partial charge on any atom is 0.259 e. The van der Waals surface area contributed by atoms with Crippen molar-refractivity contribution in [2.75, 3.05) is 18.5 Å². The summed E-state index contributed by atoms with van der Waals surface area (Å²) in [5.41, 5.74) is 8.38. The number of carbonyl (C=O) groups is 1. The van der Waals surface area contributed by atoms with Crippen LogP contribution in [0.3, 0.4) is 0 Å². The second kappa shape index (κ2) is 7.53. The number of rotatable bonds is 6. The third kappa shape index (κ3) is 3.67. The molecule has 0 spiro atoms. The van der Waals surface area contributed by atoms with E-state index in [9.17, 15) is 4.79 Å². The summed E-state index contributed by atoms with van der Waals surface area (Å²) in [6, 6.07) is 8.94. The van der Waals surface area contributed by atoms with Crippen molar-refractivity contribution in [2.45, 2.75) is 26.7 Å². The third-order valence-electron chi connectivity index (χ3n) is 3.97. The molecule has 7 nitrogen and oxygen atoms in total. The maximum atomic E-state index is 12.9. The number of ether oxygens (including phenoxy) is 1. The van der Waals surface area contributed by atoms with Crippen LogP contribution >= 0.6 is 0 Å². The minimum Gasteiger partial charge on any atom is -0.492 e. The Bertz CT molecular complexity index is 916. The average molecular weight is 354 g/mol. The molecule has 3 rings (SSSR count). The lowest BCUT2D eigenvalue weighted by atomic mass is 10.0. The van der Waals surface area contributed by atoms with Crippen molar-refractivity contribution in [3.05, 3.63) is 47.3 Å². The fourth-order valence-electron chi connectivity index (χ4n) is 2.60. The summed E-state index contributed by atoms with van der Waals surface area (Å²) in [6.45, 7) is 6.72. The van der Waals surface area contributed by atoms with Gasteiger partial charge in [0.1, 0.15) is 12.4 Å². The molecule has 2 aromatic heterocycles. The van der Waals surface area contributed by atoms with Crippen LogP contribution in [-0.2, 0) is 0 Å². The standard InChI is InChI=1S/C19H22N4O3/c1-11(2)16-10-15(17-12(3)23-26-19(17)22-16)18(24)21-13-4-6-14(7-5-13)25-9-8-20/h4-7,10-11H,8-9,20H2,1-3H3,(H,21,24). The molecule has 0 aliphatic heterocycles. The Kier molecular flexibility index (Phi) is 5.18. The molecule has 0 saturated heterocycles. The quantitative estimate of drug-likeness (QED) is 0.704. The van der Waals surface area contributed by atoms with Crippen molar-refractivity contribution in [3.63, 3.8) is 0 Å². The molecule has 3 aromatic rings. The number of hydrogen-bond donors (Lipinski definition) is 2. The van der Waals surface area contributed by atoms with E-state index in [0.29, 0.717) is 46.9 Å². The lowest BCUT2D eigenvalue weighted by Crippen LogP contribution is -2.14. The first-order valence-corrected chi connectivity index (χ1v) is 8.50. The van der Waals surface area contributed by atoms with Gasteiger partial charge in [0.05, 0.1) is 16.6 Å². The van der Waals surface area contributed by atoms with E-state index < -0.39 is 0 Å². The minimum absolute atomic E-state index is 0.162. The number of nitrogens with two attached hydrogens (primary N) is 1. The first kappa shape index (κ1) is 17.9. The first-order chi connectivity index (χ1) is 12.5. The Morgan fingerprint density at radius 3 is 2.69 bits per heavy atom. The monoisotopic (exact) mass is 354 g/mol. The van der Waals surface area contributed by atoms with Crippen LogP contribution in [0.15, 0.2) is 34.9 Å². The van der Waals surface area contributed by atoms with Gasteiger partial charge in [0.2, 0.25) is 0 Å². The molecule has 0 aliphatic rings. The van der Waals surface area contributed by atoms with Crippen LogP contribution in [0.1, 0.15) is 41.5 Å². The molecular weight excluding hydrogens is 332 g/mol. The molecule has 0 aliphatic carbocycles. The number of hydrogen-bond acceptors (Lipinski definition) is 6. The summed E-state index contributed by atoms with van der Waals surface area (Å²) < 4.78 is 10.7. The zero-order valence-electron chi connectivity index (χ0n) is 15.1. The van der Waals surface area contributed by atoms with Crippen LogP contribution in [0, 0.1) is 6.92 Å². The van der Waals surface area contributed by atoms with Crippen LogP contribution in [0.2, 0.25) is 0 Å². The number of nitrogens with zero attached hydrogens (tertiary/aromatic N) is 2. The lowest BCUT2D eigenvalue weighted by Gasteiger charge is -2.10. The molecule has 136 valence electrons. The second-order valence-corrected chi connectivity index (χ2v) is 6.31. The number of aryl methyl sites for hydroxylation is 1. The second-order valence-electron chi connectivity index (χ2n) is 6.31. The van der Waals surface area contributed by atoms with Crippen molar-refractivity contribution in [3.8, 4) is 5.75 Å². The summed E-state index contributed by atoms with van der Waals surface area (Å²) in [5, 5.41) is 7.48. The molecule has 1 amide bonds. The van der Waals surface area contributed by atoms with E-state index in [4.69, 9.17) is 15.0 Å². The fraction of sp³-hybridized carbons (Fsp3) is 0.316. The van der Waals surface area contributed by atoms with E-state index in [1.807, 2.05) is 13.8 Å². The van der Waals surface area contributed by atoms with Gasteiger partial charge < -0.3 is 20.3 Å². The van der Waals surface area contributed by atoms with Crippen molar-refractivity contribution in [2.24, 2.45) is 5.73 Å². The number of benzene rings is 1. The molecule has 3 N–H and O–H groups in total. The molecule has 1 aromatic carbocycles. The molecule has 0 radical (unpaired) electrons. The summed E-state index contributed by atoms with van der Waals surface area (Å²) in [5.74, 6) is 0.633. The Morgan fingerprint density at radius 2 is 2.04 bits per heavy atom. The molecule has 0 atom stereocenters. The Hall–Kier alpha value is -2.93. The molecule has 2 heterocycles. The van der Waals surface area contributed by atoms with E-state index in [2.05, 4.69) is 15.5 Å². The number of anilines is 1. The zero-order valence-corrected chi connectivity index (χ0v) is 15.1. The van der Waals surface area contributed by atoms with Crippen LogP contribution < -0.4 is 15.8 Å². The van der Waals surface area contributed by atoms with Gasteiger partial charge in [-0.3, -0.25) is 4.79 Å². The highest BCUT2D eigenvalue weighted by molar-refractivity contribution is 6.12. The number of carbonyl (C=O) groups excluding carboxylic acids is 1. The van der Waals surface area contributed by atoms with Crippen LogP contribution in [0.25, 0.3) is 11.1 Å². The van der Waals surface area contributed by atoms with E-state index in [0.717, 1.165) is 5.69 Å². The maximum absolute atomic E-state index is 12.9. The van der Waals surface area contributed by atoms with Gasteiger partial charge in [0.25, 0.3) is 11.6 Å².